The zero-order valence-corrected chi connectivity index (χ0v) is 21.4. The Morgan fingerprint density at radius 2 is 1.70 bits per heavy atom. The molecule has 7 N–H and O–H groups in total. The fourth-order valence-corrected chi connectivity index (χ4v) is 3.42. The van der Waals surface area contributed by atoms with E-state index in [9.17, 15) is 28.8 Å². The molecule has 1 aromatic heterocycles. The number of carboxylic acid groups (broad SMARTS) is 1. The molecule has 204 valence electrons. The Morgan fingerprint density at radius 1 is 1.03 bits per heavy atom. The third kappa shape index (κ3) is 11.1. The summed E-state index contributed by atoms with van der Waals surface area (Å²) in [6, 6.07) is -0.0468. The summed E-state index contributed by atoms with van der Waals surface area (Å²) in [5.41, 5.74) is 6.02. The second-order valence-electron chi connectivity index (χ2n) is 9.14. The first kappa shape index (κ1) is 31.0. The van der Waals surface area contributed by atoms with Gasteiger partial charge in [0, 0.05) is 18.8 Å². The van der Waals surface area contributed by atoms with E-state index in [1.807, 2.05) is 0 Å². The van der Waals surface area contributed by atoms with Gasteiger partial charge < -0.3 is 32.1 Å². The lowest BCUT2D eigenvalue weighted by Gasteiger charge is -2.26. The smallest absolute Gasteiger partial charge is 0.405 e. The van der Waals surface area contributed by atoms with Gasteiger partial charge in [0.25, 0.3) is 5.91 Å². The lowest BCUT2D eigenvalue weighted by Crippen LogP contribution is -2.56. The quantitative estimate of drug-likeness (QED) is 0.165. The molecule has 0 bridgehead atoms. The van der Waals surface area contributed by atoms with Crippen molar-refractivity contribution < 1.29 is 33.9 Å². The Morgan fingerprint density at radius 3 is 2.22 bits per heavy atom. The van der Waals surface area contributed by atoms with Crippen LogP contribution in [0, 0.1) is 11.8 Å². The van der Waals surface area contributed by atoms with Gasteiger partial charge in [0.05, 0.1) is 12.6 Å². The van der Waals surface area contributed by atoms with Crippen LogP contribution in [0.1, 0.15) is 46.1 Å². The van der Waals surface area contributed by atoms with Crippen LogP contribution in [0.5, 0.6) is 0 Å². The number of primary amides is 1. The number of Topliss-reactive ketones (excluding diaryl/α,β-unsaturated/α-hetero) is 1. The van der Waals surface area contributed by atoms with Gasteiger partial charge in [0.2, 0.25) is 23.5 Å². The number of rotatable bonds is 15. The number of carbonyl (C=O) groups excluding carboxylic acids is 5. The first-order valence-electron chi connectivity index (χ1n) is 11.9. The van der Waals surface area contributed by atoms with Gasteiger partial charge in [-0.15, -0.1) is 0 Å². The highest BCUT2D eigenvalue weighted by atomic mass is 16.4. The van der Waals surface area contributed by atoms with Gasteiger partial charge in [-0.3, -0.25) is 29.0 Å². The van der Waals surface area contributed by atoms with Crippen LogP contribution >= 0.6 is 0 Å². The van der Waals surface area contributed by atoms with E-state index in [2.05, 4.69) is 26.3 Å². The van der Waals surface area contributed by atoms with Crippen molar-refractivity contribution in [3.05, 3.63) is 30.1 Å². The van der Waals surface area contributed by atoms with Gasteiger partial charge in [-0.05, 0) is 29.9 Å². The third-order valence-electron chi connectivity index (χ3n) is 5.59. The number of ketones is 1. The summed E-state index contributed by atoms with van der Waals surface area (Å²) in [6.45, 7) is 6.41. The first-order valence-corrected chi connectivity index (χ1v) is 11.9. The van der Waals surface area contributed by atoms with Gasteiger partial charge in [-0.25, -0.2) is 4.79 Å². The van der Waals surface area contributed by atoms with Gasteiger partial charge >= 0.3 is 6.09 Å². The van der Waals surface area contributed by atoms with Crippen molar-refractivity contribution in [2.24, 2.45) is 17.6 Å². The van der Waals surface area contributed by atoms with Crippen LogP contribution in [0.25, 0.3) is 0 Å². The van der Waals surface area contributed by atoms with Gasteiger partial charge in [-0.1, -0.05) is 40.2 Å². The van der Waals surface area contributed by atoms with Crippen LogP contribution in [-0.4, -0.2) is 70.3 Å². The molecule has 13 nitrogen and oxygen atoms in total. The summed E-state index contributed by atoms with van der Waals surface area (Å²) < 4.78 is 0. The van der Waals surface area contributed by atoms with Crippen molar-refractivity contribution in [3.63, 3.8) is 0 Å². The molecule has 2 unspecified atom stereocenters. The number of nitrogens with two attached hydrogens (primary N) is 1. The molecule has 1 heterocycles. The lowest BCUT2D eigenvalue weighted by atomic mass is 9.94. The molecule has 1 rings (SSSR count). The molecule has 0 aliphatic heterocycles. The van der Waals surface area contributed by atoms with Crippen molar-refractivity contribution in [1.29, 1.82) is 0 Å². The topological polar surface area (TPSA) is 210 Å². The highest BCUT2D eigenvalue weighted by molar-refractivity contribution is 6.38. The molecule has 13 heteroatoms. The maximum Gasteiger partial charge on any atom is 0.405 e. The lowest BCUT2D eigenvalue weighted by molar-refractivity contribution is -0.141. The molecule has 0 aromatic carbocycles. The highest BCUT2D eigenvalue weighted by Crippen LogP contribution is 2.11. The molecule has 0 spiro atoms. The molecule has 0 aliphatic carbocycles. The monoisotopic (exact) mass is 520 g/mol. The van der Waals surface area contributed by atoms with E-state index in [0.717, 1.165) is 0 Å². The van der Waals surface area contributed by atoms with Gasteiger partial charge in [0.15, 0.2) is 0 Å². The minimum Gasteiger partial charge on any atom is -0.465 e. The van der Waals surface area contributed by atoms with E-state index >= 15 is 0 Å². The molecule has 4 atom stereocenters. The molecular formula is C24H36N6O7. The summed E-state index contributed by atoms with van der Waals surface area (Å²) >= 11 is 0. The fraction of sp³-hybridized carbons (Fsp3) is 0.542. The third-order valence-corrected chi connectivity index (χ3v) is 5.59. The Labute approximate surface area is 215 Å². The number of carbonyl (C=O) groups is 6. The summed E-state index contributed by atoms with van der Waals surface area (Å²) in [5, 5.41) is 18.2. The second kappa shape index (κ2) is 15.2. The van der Waals surface area contributed by atoms with Gasteiger partial charge in [-0.2, -0.15) is 0 Å². The van der Waals surface area contributed by atoms with E-state index in [-0.39, 0.29) is 18.8 Å². The molecule has 0 aliphatic rings. The van der Waals surface area contributed by atoms with Crippen molar-refractivity contribution in [2.75, 3.05) is 6.54 Å². The fourth-order valence-electron chi connectivity index (χ4n) is 3.42. The number of aromatic nitrogens is 1. The van der Waals surface area contributed by atoms with E-state index < -0.39 is 66.1 Å². The molecule has 1 aromatic rings. The summed E-state index contributed by atoms with van der Waals surface area (Å²) in [6.07, 6.45) is 2.38. The van der Waals surface area contributed by atoms with Crippen LogP contribution in [0.4, 0.5) is 4.79 Å². The largest absolute Gasteiger partial charge is 0.465 e. The predicted molar refractivity (Wildman–Crippen MR) is 133 cm³/mol. The average molecular weight is 521 g/mol. The minimum absolute atomic E-state index is 0.0236. The Kier molecular flexibility index (Phi) is 12.7. The van der Waals surface area contributed by atoms with Crippen molar-refractivity contribution in [3.8, 4) is 0 Å². The first-order chi connectivity index (χ1) is 17.3. The SMILES string of the molecule is CC[C@H](C)C(NC(=O)[C@H](CC(C)C)NC(=O)O)C(=O)C(=O)NCC(=O)NC(Cc1cccnc1)C(N)=O. The summed E-state index contributed by atoms with van der Waals surface area (Å²) in [4.78, 5) is 77.2. The number of pyridine rings is 1. The standard InChI is InChI=1S/C24H36N6O7/c1-5-14(4)19(30-22(34)17(9-13(2)3)29-24(36)37)20(32)23(35)27-12-18(31)28-16(21(25)33)10-15-7-6-8-26-11-15/h6-8,11,13-14,16-17,19,29H,5,9-10,12H2,1-4H3,(H2,25,33)(H,27,35)(H,28,31)(H,30,34)(H,36,37)/t14-,16?,17-,19?/m0/s1. The number of amides is 5. The molecule has 0 saturated carbocycles. The van der Waals surface area contributed by atoms with Crippen molar-refractivity contribution in [1.82, 2.24) is 26.3 Å². The van der Waals surface area contributed by atoms with Crippen LogP contribution in [-0.2, 0) is 30.4 Å². The van der Waals surface area contributed by atoms with Crippen molar-refractivity contribution in [2.45, 2.75) is 65.1 Å². The number of hydrogen-bond acceptors (Lipinski definition) is 7. The highest BCUT2D eigenvalue weighted by Gasteiger charge is 2.33. The maximum atomic E-state index is 12.9. The van der Waals surface area contributed by atoms with Crippen LogP contribution in [0.2, 0.25) is 0 Å². The van der Waals surface area contributed by atoms with E-state index in [4.69, 9.17) is 10.8 Å². The summed E-state index contributed by atoms with van der Waals surface area (Å²) in [5.74, 6) is -4.86. The number of hydrogen-bond donors (Lipinski definition) is 6. The van der Waals surface area contributed by atoms with Crippen LogP contribution in [0.3, 0.4) is 0 Å². The predicted octanol–water partition coefficient (Wildman–Crippen LogP) is -0.507. The van der Waals surface area contributed by atoms with Crippen LogP contribution < -0.4 is 27.0 Å². The Balaban J connectivity index is 2.81. The molecule has 0 radical (unpaired) electrons. The molecular weight excluding hydrogens is 484 g/mol. The van der Waals surface area contributed by atoms with E-state index in [1.54, 1.807) is 46.0 Å². The Hall–Kier alpha value is -4.03. The van der Waals surface area contributed by atoms with E-state index in [0.29, 0.717) is 12.0 Å². The average Bonchev–Trinajstić information content (AvgIpc) is 2.83. The zero-order chi connectivity index (χ0) is 28.1. The van der Waals surface area contributed by atoms with E-state index in [1.165, 1.54) is 6.20 Å². The summed E-state index contributed by atoms with van der Waals surface area (Å²) in [7, 11) is 0. The molecule has 0 fully saturated rings. The van der Waals surface area contributed by atoms with Crippen LogP contribution in [0.15, 0.2) is 24.5 Å². The second-order valence-corrected chi connectivity index (χ2v) is 9.14. The minimum atomic E-state index is -1.39. The van der Waals surface area contributed by atoms with Gasteiger partial charge in [0.1, 0.15) is 12.1 Å². The molecule has 5 amide bonds. The molecule has 0 saturated heterocycles. The normalized spacial score (nSPS) is 14.0. The maximum absolute atomic E-state index is 12.9. The molecule has 37 heavy (non-hydrogen) atoms. The Bertz CT molecular complexity index is 970. The number of nitrogens with one attached hydrogen (secondary N) is 4. The number of nitrogens with zero attached hydrogens (tertiary/aromatic N) is 1. The zero-order valence-electron chi connectivity index (χ0n) is 21.4. The van der Waals surface area contributed by atoms with Crippen molar-refractivity contribution >= 4 is 35.5 Å².